The molecule has 0 bridgehead atoms. The molecule has 17 heavy (non-hydrogen) atoms. The van der Waals surface area contributed by atoms with Gasteiger partial charge in [-0.15, -0.1) is 0 Å². The Labute approximate surface area is 105 Å². The molecule has 1 atom stereocenters. The highest BCUT2D eigenvalue weighted by molar-refractivity contribution is 5.84. The maximum absolute atomic E-state index is 12.2. The van der Waals surface area contributed by atoms with E-state index in [9.17, 15) is 4.79 Å². The van der Waals surface area contributed by atoms with Gasteiger partial charge in [0.2, 0.25) is 5.91 Å². The number of carbonyl (C=O) groups is 1. The third-order valence-corrected chi connectivity index (χ3v) is 4.38. The van der Waals surface area contributed by atoms with Gasteiger partial charge in [-0.2, -0.15) is 0 Å². The summed E-state index contributed by atoms with van der Waals surface area (Å²) in [5, 5.41) is 3.28. The van der Waals surface area contributed by atoms with E-state index in [2.05, 4.69) is 24.1 Å². The fourth-order valence-corrected chi connectivity index (χ4v) is 3.36. The van der Waals surface area contributed by atoms with E-state index < -0.39 is 0 Å². The second-order valence-corrected chi connectivity index (χ2v) is 6.03. The van der Waals surface area contributed by atoms with Crippen molar-refractivity contribution in [3.05, 3.63) is 0 Å². The minimum absolute atomic E-state index is 0.0900. The van der Waals surface area contributed by atoms with Gasteiger partial charge in [-0.1, -0.05) is 33.1 Å². The smallest absolute Gasteiger partial charge is 0.239 e. The molecule has 0 radical (unpaired) electrons. The summed E-state index contributed by atoms with van der Waals surface area (Å²) in [6, 6.07) is 0.0900. The van der Waals surface area contributed by atoms with Gasteiger partial charge < -0.3 is 10.2 Å². The number of hydrogen-bond donors (Lipinski definition) is 1. The van der Waals surface area contributed by atoms with Crippen molar-refractivity contribution in [2.75, 3.05) is 19.6 Å². The van der Waals surface area contributed by atoms with E-state index in [4.69, 9.17) is 0 Å². The Morgan fingerprint density at radius 1 is 1.35 bits per heavy atom. The number of rotatable bonds is 4. The molecular formula is C14H26N2O. The normalized spacial score (nSPS) is 28.7. The molecule has 2 fully saturated rings. The van der Waals surface area contributed by atoms with Crippen molar-refractivity contribution in [2.24, 2.45) is 5.41 Å². The maximum Gasteiger partial charge on any atom is 0.239 e. The fourth-order valence-electron chi connectivity index (χ4n) is 3.36. The average molecular weight is 238 g/mol. The van der Waals surface area contributed by atoms with Crippen LogP contribution < -0.4 is 5.32 Å². The number of amides is 1. The SMILES string of the molecule is CCNC1CCN(CC2(C)CCCCC2)C1=O. The summed E-state index contributed by atoms with van der Waals surface area (Å²) >= 11 is 0. The quantitative estimate of drug-likeness (QED) is 0.814. The Kier molecular flexibility index (Phi) is 4.08. The Morgan fingerprint density at radius 2 is 2.06 bits per heavy atom. The monoisotopic (exact) mass is 238 g/mol. The molecular weight excluding hydrogens is 212 g/mol. The number of likely N-dealkylation sites (tertiary alicyclic amines) is 1. The number of nitrogens with one attached hydrogen (secondary N) is 1. The van der Waals surface area contributed by atoms with E-state index in [-0.39, 0.29) is 6.04 Å². The largest absolute Gasteiger partial charge is 0.341 e. The van der Waals surface area contributed by atoms with Crippen molar-refractivity contribution in [1.29, 1.82) is 0 Å². The van der Waals surface area contributed by atoms with Crippen LogP contribution in [0.25, 0.3) is 0 Å². The maximum atomic E-state index is 12.2. The van der Waals surface area contributed by atoms with Crippen LogP contribution >= 0.6 is 0 Å². The van der Waals surface area contributed by atoms with E-state index >= 15 is 0 Å². The van der Waals surface area contributed by atoms with Crippen molar-refractivity contribution in [3.8, 4) is 0 Å². The van der Waals surface area contributed by atoms with Crippen molar-refractivity contribution in [1.82, 2.24) is 10.2 Å². The Bertz CT molecular complexity index is 271. The molecule has 0 aromatic rings. The molecule has 1 amide bonds. The predicted octanol–water partition coefficient (Wildman–Crippen LogP) is 2.17. The van der Waals surface area contributed by atoms with Crippen LogP contribution in [-0.4, -0.2) is 36.5 Å². The topological polar surface area (TPSA) is 32.3 Å². The Morgan fingerprint density at radius 3 is 2.71 bits per heavy atom. The summed E-state index contributed by atoms with van der Waals surface area (Å²) in [6.07, 6.45) is 7.64. The van der Waals surface area contributed by atoms with Crippen LogP contribution in [0.3, 0.4) is 0 Å². The summed E-state index contributed by atoms with van der Waals surface area (Å²) in [4.78, 5) is 14.3. The van der Waals surface area contributed by atoms with Gasteiger partial charge in [-0.05, 0) is 31.2 Å². The summed E-state index contributed by atoms with van der Waals surface area (Å²) < 4.78 is 0. The molecule has 0 aromatic carbocycles. The number of nitrogens with zero attached hydrogens (tertiary/aromatic N) is 1. The number of carbonyl (C=O) groups excluding carboxylic acids is 1. The Hall–Kier alpha value is -0.570. The van der Waals surface area contributed by atoms with Gasteiger partial charge in [0.05, 0.1) is 6.04 Å². The van der Waals surface area contributed by atoms with E-state index in [1.54, 1.807) is 0 Å². The first-order valence-corrected chi connectivity index (χ1v) is 7.17. The van der Waals surface area contributed by atoms with Crippen molar-refractivity contribution >= 4 is 5.91 Å². The van der Waals surface area contributed by atoms with Gasteiger partial charge in [0.15, 0.2) is 0 Å². The Balaban J connectivity index is 1.89. The van der Waals surface area contributed by atoms with Crippen LogP contribution in [0.1, 0.15) is 52.4 Å². The van der Waals surface area contributed by atoms with Gasteiger partial charge >= 0.3 is 0 Å². The van der Waals surface area contributed by atoms with E-state index in [0.29, 0.717) is 11.3 Å². The summed E-state index contributed by atoms with van der Waals surface area (Å²) in [7, 11) is 0. The van der Waals surface area contributed by atoms with Crippen LogP contribution in [0, 0.1) is 5.41 Å². The summed E-state index contributed by atoms with van der Waals surface area (Å²) in [5.41, 5.74) is 0.384. The molecule has 0 spiro atoms. The molecule has 3 nitrogen and oxygen atoms in total. The van der Waals surface area contributed by atoms with Gasteiger partial charge in [0.25, 0.3) is 0 Å². The lowest BCUT2D eigenvalue weighted by Crippen LogP contribution is -2.42. The number of likely N-dealkylation sites (N-methyl/N-ethyl adjacent to an activating group) is 1. The van der Waals surface area contributed by atoms with Gasteiger partial charge in [0.1, 0.15) is 0 Å². The predicted molar refractivity (Wildman–Crippen MR) is 69.9 cm³/mol. The van der Waals surface area contributed by atoms with Gasteiger partial charge in [-0.25, -0.2) is 0 Å². The minimum Gasteiger partial charge on any atom is -0.341 e. The lowest BCUT2D eigenvalue weighted by atomic mass is 9.75. The fraction of sp³-hybridized carbons (Fsp3) is 0.929. The molecule has 2 aliphatic rings. The molecule has 1 N–H and O–H groups in total. The van der Waals surface area contributed by atoms with Crippen LogP contribution in [-0.2, 0) is 4.79 Å². The lowest BCUT2D eigenvalue weighted by Gasteiger charge is -2.37. The molecule has 1 saturated heterocycles. The standard InChI is InChI=1S/C14H26N2O/c1-3-15-12-7-10-16(13(12)17)11-14(2)8-5-4-6-9-14/h12,15H,3-11H2,1-2H3. The molecule has 1 heterocycles. The van der Waals surface area contributed by atoms with E-state index in [1.807, 2.05) is 0 Å². The highest BCUT2D eigenvalue weighted by atomic mass is 16.2. The third-order valence-electron chi connectivity index (χ3n) is 4.38. The van der Waals surface area contributed by atoms with Crippen LogP contribution in [0.15, 0.2) is 0 Å². The molecule has 1 aliphatic heterocycles. The average Bonchev–Trinajstić information content (AvgIpc) is 2.63. The molecule has 2 rings (SSSR count). The molecule has 3 heteroatoms. The van der Waals surface area contributed by atoms with Crippen molar-refractivity contribution in [2.45, 2.75) is 58.4 Å². The summed E-state index contributed by atoms with van der Waals surface area (Å²) in [6.45, 7) is 7.25. The third kappa shape index (κ3) is 3.01. The second-order valence-electron chi connectivity index (χ2n) is 6.03. The molecule has 1 saturated carbocycles. The minimum atomic E-state index is 0.0900. The first-order valence-electron chi connectivity index (χ1n) is 7.17. The first-order chi connectivity index (χ1) is 8.14. The van der Waals surface area contributed by atoms with Crippen LogP contribution in [0.5, 0.6) is 0 Å². The molecule has 0 aromatic heterocycles. The van der Waals surface area contributed by atoms with Crippen molar-refractivity contribution < 1.29 is 4.79 Å². The molecule has 98 valence electrons. The summed E-state index contributed by atoms with van der Waals surface area (Å²) in [5.74, 6) is 0.332. The van der Waals surface area contributed by atoms with Crippen LogP contribution in [0.4, 0.5) is 0 Å². The van der Waals surface area contributed by atoms with E-state index in [0.717, 1.165) is 26.1 Å². The second kappa shape index (κ2) is 5.38. The zero-order valence-electron chi connectivity index (χ0n) is 11.3. The highest BCUT2D eigenvalue weighted by Crippen LogP contribution is 2.37. The zero-order chi connectivity index (χ0) is 12.3. The molecule has 1 unspecified atom stereocenters. The molecule has 1 aliphatic carbocycles. The van der Waals surface area contributed by atoms with Gasteiger partial charge in [-0.3, -0.25) is 4.79 Å². The zero-order valence-corrected chi connectivity index (χ0v) is 11.3. The highest BCUT2D eigenvalue weighted by Gasteiger charge is 2.36. The number of hydrogen-bond acceptors (Lipinski definition) is 2. The van der Waals surface area contributed by atoms with E-state index in [1.165, 1.54) is 32.1 Å². The lowest BCUT2D eigenvalue weighted by molar-refractivity contribution is -0.131. The first kappa shape index (κ1) is 12.9. The van der Waals surface area contributed by atoms with Gasteiger partial charge in [0, 0.05) is 13.1 Å². The van der Waals surface area contributed by atoms with Crippen molar-refractivity contribution in [3.63, 3.8) is 0 Å². The van der Waals surface area contributed by atoms with Crippen LogP contribution in [0.2, 0.25) is 0 Å².